The first-order chi connectivity index (χ1) is 14.1. The number of para-hydroxylation sites is 2. The molecule has 0 spiro atoms. The van der Waals surface area contributed by atoms with E-state index in [1.807, 2.05) is 55.5 Å². The fourth-order valence-corrected chi connectivity index (χ4v) is 3.58. The molecule has 6 nitrogen and oxygen atoms in total. The minimum atomic E-state index is -0.292. The standard InChI is InChI=1S/C23H27N3O3/c1-2-29-21-12-6-4-8-17(21)13-14-22(27)25-19-10-5-3-9-18(19)16-26-15-7-11-20(26)23(24)28/h3-6,8-10,12-14,20H,2,7,11,15-16H2,1H3,(H2,24,28)(H,25,27)/b14-13+. The predicted octanol–water partition coefficient (Wildman–Crippen LogP) is 3.19. The van der Waals surface area contributed by atoms with Gasteiger partial charge in [-0.05, 0) is 50.1 Å². The molecule has 1 aliphatic rings. The number of likely N-dealkylation sites (tertiary alicyclic amines) is 1. The van der Waals surface area contributed by atoms with Gasteiger partial charge in [-0.1, -0.05) is 36.4 Å². The van der Waals surface area contributed by atoms with Gasteiger partial charge in [0.1, 0.15) is 5.75 Å². The van der Waals surface area contributed by atoms with E-state index in [4.69, 9.17) is 10.5 Å². The Morgan fingerprint density at radius 2 is 1.97 bits per heavy atom. The summed E-state index contributed by atoms with van der Waals surface area (Å²) >= 11 is 0. The lowest BCUT2D eigenvalue weighted by Gasteiger charge is -2.23. The monoisotopic (exact) mass is 393 g/mol. The molecule has 1 heterocycles. The van der Waals surface area contributed by atoms with Crippen LogP contribution in [0, 0.1) is 0 Å². The second-order valence-electron chi connectivity index (χ2n) is 6.98. The lowest BCUT2D eigenvalue weighted by atomic mass is 10.1. The molecule has 2 amide bonds. The van der Waals surface area contributed by atoms with Crippen molar-refractivity contribution in [1.82, 2.24) is 4.90 Å². The first-order valence-corrected chi connectivity index (χ1v) is 9.90. The molecule has 29 heavy (non-hydrogen) atoms. The number of ether oxygens (including phenoxy) is 1. The van der Waals surface area contributed by atoms with Gasteiger partial charge in [-0.25, -0.2) is 0 Å². The number of hydrogen-bond acceptors (Lipinski definition) is 4. The second-order valence-corrected chi connectivity index (χ2v) is 6.98. The Labute approximate surface area is 171 Å². The van der Waals surface area contributed by atoms with Gasteiger partial charge in [0.15, 0.2) is 0 Å². The van der Waals surface area contributed by atoms with Crippen LogP contribution in [0.5, 0.6) is 5.75 Å². The number of carbonyl (C=O) groups is 2. The van der Waals surface area contributed by atoms with E-state index in [1.165, 1.54) is 6.08 Å². The van der Waals surface area contributed by atoms with Gasteiger partial charge in [0, 0.05) is 23.9 Å². The Morgan fingerprint density at radius 1 is 1.21 bits per heavy atom. The normalized spacial score (nSPS) is 16.8. The van der Waals surface area contributed by atoms with Crippen LogP contribution in [0.15, 0.2) is 54.6 Å². The minimum Gasteiger partial charge on any atom is -0.493 e. The maximum atomic E-state index is 12.5. The highest BCUT2D eigenvalue weighted by molar-refractivity contribution is 6.02. The van der Waals surface area contributed by atoms with Crippen molar-refractivity contribution >= 4 is 23.6 Å². The zero-order valence-corrected chi connectivity index (χ0v) is 16.6. The van der Waals surface area contributed by atoms with Gasteiger partial charge in [0.25, 0.3) is 0 Å². The van der Waals surface area contributed by atoms with Crippen LogP contribution in [0.1, 0.15) is 30.9 Å². The Bertz CT molecular complexity index is 894. The average molecular weight is 393 g/mol. The SMILES string of the molecule is CCOc1ccccc1/C=C/C(=O)Nc1ccccc1CN1CCCC1C(N)=O. The largest absolute Gasteiger partial charge is 0.493 e. The summed E-state index contributed by atoms with van der Waals surface area (Å²) in [5.74, 6) is 0.225. The van der Waals surface area contributed by atoms with Crippen molar-refractivity contribution < 1.29 is 14.3 Å². The van der Waals surface area contributed by atoms with Crippen molar-refractivity contribution in [1.29, 1.82) is 0 Å². The third kappa shape index (κ3) is 5.45. The number of hydrogen-bond donors (Lipinski definition) is 2. The summed E-state index contributed by atoms with van der Waals surface area (Å²) in [7, 11) is 0. The predicted molar refractivity (Wildman–Crippen MR) is 114 cm³/mol. The molecule has 1 fully saturated rings. The smallest absolute Gasteiger partial charge is 0.248 e. The third-order valence-corrected chi connectivity index (χ3v) is 4.97. The van der Waals surface area contributed by atoms with Gasteiger partial charge in [-0.2, -0.15) is 0 Å². The number of benzene rings is 2. The molecular formula is C23H27N3O3. The van der Waals surface area contributed by atoms with Crippen LogP contribution < -0.4 is 15.8 Å². The molecule has 2 aromatic carbocycles. The van der Waals surface area contributed by atoms with Crippen LogP contribution in [0.3, 0.4) is 0 Å². The number of amides is 2. The summed E-state index contributed by atoms with van der Waals surface area (Å²) in [5.41, 5.74) is 8.05. The minimum absolute atomic E-state index is 0.225. The number of nitrogens with zero attached hydrogens (tertiary/aromatic N) is 1. The summed E-state index contributed by atoms with van der Waals surface area (Å²) in [4.78, 5) is 26.2. The van der Waals surface area contributed by atoms with Crippen molar-refractivity contribution in [2.45, 2.75) is 32.4 Å². The van der Waals surface area contributed by atoms with E-state index in [0.29, 0.717) is 13.2 Å². The van der Waals surface area contributed by atoms with Gasteiger partial charge >= 0.3 is 0 Å². The van der Waals surface area contributed by atoms with Crippen molar-refractivity contribution in [2.24, 2.45) is 5.73 Å². The summed E-state index contributed by atoms with van der Waals surface area (Å²) in [6, 6.07) is 15.0. The number of nitrogens with one attached hydrogen (secondary N) is 1. The van der Waals surface area contributed by atoms with Crippen LogP contribution in [0.2, 0.25) is 0 Å². The van der Waals surface area contributed by atoms with Crippen LogP contribution >= 0.6 is 0 Å². The van der Waals surface area contributed by atoms with Gasteiger partial charge in [-0.3, -0.25) is 14.5 Å². The molecule has 2 aromatic rings. The Balaban J connectivity index is 1.69. The quantitative estimate of drug-likeness (QED) is 0.675. The van der Waals surface area contributed by atoms with Gasteiger partial charge in [0.2, 0.25) is 11.8 Å². The van der Waals surface area contributed by atoms with Crippen molar-refractivity contribution in [2.75, 3.05) is 18.5 Å². The van der Waals surface area contributed by atoms with E-state index in [2.05, 4.69) is 10.2 Å². The lowest BCUT2D eigenvalue weighted by molar-refractivity contribution is -0.122. The number of primary amides is 1. The van der Waals surface area contributed by atoms with Gasteiger partial charge in [-0.15, -0.1) is 0 Å². The fourth-order valence-electron chi connectivity index (χ4n) is 3.58. The molecule has 6 heteroatoms. The summed E-state index contributed by atoms with van der Waals surface area (Å²) in [6.07, 6.45) is 4.97. The zero-order valence-electron chi connectivity index (χ0n) is 16.6. The Hall–Kier alpha value is -3.12. The molecule has 1 unspecified atom stereocenters. The van der Waals surface area contributed by atoms with E-state index in [-0.39, 0.29) is 17.9 Å². The van der Waals surface area contributed by atoms with E-state index < -0.39 is 0 Å². The van der Waals surface area contributed by atoms with Crippen LogP contribution in [0.25, 0.3) is 6.08 Å². The second kappa shape index (κ2) is 9.89. The highest BCUT2D eigenvalue weighted by atomic mass is 16.5. The summed E-state index contributed by atoms with van der Waals surface area (Å²) in [5, 5.41) is 2.94. The maximum Gasteiger partial charge on any atom is 0.248 e. The highest BCUT2D eigenvalue weighted by Crippen LogP contribution is 2.24. The van der Waals surface area contributed by atoms with Crippen LogP contribution in [-0.2, 0) is 16.1 Å². The number of carbonyl (C=O) groups excluding carboxylic acids is 2. The molecule has 3 N–H and O–H groups in total. The Morgan fingerprint density at radius 3 is 2.76 bits per heavy atom. The molecule has 0 aromatic heterocycles. The Kier molecular flexibility index (Phi) is 7.03. The highest BCUT2D eigenvalue weighted by Gasteiger charge is 2.29. The lowest BCUT2D eigenvalue weighted by Crippen LogP contribution is -2.39. The molecule has 1 aliphatic heterocycles. The van der Waals surface area contributed by atoms with E-state index in [0.717, 1.165) is 42.0 Å². The average Bonchev–Trinajstić information content (AvgIpc) is 3.18. The number of anilines is 1. The third-order valence-electron chi connectivity index (χ3n) is 4.97. The van der Waals surface area contributed by atoms with Crippen LogP contribution in [-0.4, -0.2) is 35.9 Å². The van der Waals surface area contributed by atoms with E-state index >= 15 is 0 Å². The van der Waals surface area contributed by atoms with Gasteiger partial charge < -0.3 is 15.8 Å². The molecule has 1 atom stereocenters. The van der Waals surface area contributed by atoms with Crippen molar-refractivity contribution in [3.8, 4) is 5.75 Å². The maximum absolute atomic E-state index is 12.5. The molecule has 0 saturated carbocycles. The van der Waals surface area contributed by atoms with E-state index in [9.17, 15) is 9.59 Å². The molecule has 3 rings (SSSR count). The topological polar surface area (TPSA) is 84.7 Å². The number of rotatable bonds is 8. The van der Waals surface area contributed by atoms with Crippen molar-refractivity contribution in [3.05, 3.63) is 65.7 Å². The zero-order chi connectivity index (χ0) is 20.6. The van der Waals surface area contributed by atoms with E-state index in [1.54, 1.807) is 6.08 Å². The molecule has 1 saturated heterocycles. The number of nitrogens with two attached hydrogens (primary N) is 1. The van der Waals surface area contributed by atoms with Gasteiger partial charge in [0.05, 0.1) is 12.6 Å². The molecule has 0 aliphatic carbocycles. The molecule has 152 valence electrons. The summed E-state index contributed by atoms with van der Waals surface area (Å²) in [6.45, 7) is 3.88. The van der Waals surface area contributed by atoms with Crippen molar-refractivity contribution in [3.63, 3.8) is 0 Å². The molecular weight excluding hydrogens is 366 g/mol. The first-order valence-electron chi connectivity index (χ1n) is 9.90. The first kappa shape index (κ1) is 20.6. The molecule has 0 bridgehead atoms. The fraction of sp³-hybridized carbons (Fsp3) is 0.304. The summed E-state index contributed by atoms with van der Waals surface area (Å²) < 4.78 is 5.58. The molecule has 0 radical (unpaired) electrons. The van der Waals surface area contributed by atoms with Crippen LogP contribution in [0.4, 0.5) is 5.69 Å².